The number of aromatic nitrogens is 1. The molecule has 0 unspecified atom stereocenters. The monoisotopic (exact) mass is 412 g/mol. The number of methoxy groups -OCH3 is 2. The summed E-state index contributed by atoms with van der Waals surface area (Å²) in [5.74, 6) is -0.332. The highest BCUT2D eigenvalue weighted by atomic mass is 32.1. The molecule has 0 saturated heterocycles. The van der Waals surface area contributed by atoms with Crippen LogP contribution >= 0.6 is 11.3 Å². The molecule has 0 aromatic carbocycles. The molecule has 0 aliphatic rings. The molecular weight excluding hydrogens is 376 g/mol. The van der Waals surface area contributed by atoms with Crippen LogP contribution in [0.3, 0.4) is 0 Å². The maximum atomic E-state index is 12.6. The maximum Gasteiger partial charge on any atom is 0.357 e. The largest absolute Gasteiger partial charge is 0.464 e. The number of hydrogen-bond donors (Lipinski definition) is 0. The minimum Gasteiger partial charge on any atom is -0.464 e. The first-order valence-corrected chi connectivity index (χ1v) is 11.3. The number of unbranched alkanes of at least 4 members (excludes halogenated alkanes) is 8. The van der Waals surface area contributed by atoms with Gasteiger partial charge in [0, 0.05) is 25.5 Å². The first-order chi connectivity index (χ1) is 13.6. The van der Waals surface area contributed by atoms with Gasteiger partial charge in [0.25, 0.3) is 0 Å². The SMILES string of the molecule is CCCCCCCCCCCC(=O)N(CCOC)Cc1nc(C(=O)OC)cs1. The summed E-state index contributed by atoms with van der Waals surface area (Å²) in [5.41, 5.74) is 0.292. The van der Waals surface area contributed by atoms with Crippen molar-refractivity contribution in [3.63, 3.8) is 0 Å². The Labute approximate surface area is 173 Å². The van der Waals surface area contributed by atoms with Gasteiger partial charge in [-0.15, -0.1) is 11.3 Å². The lowest BCUT2D eigenvalue weighted by Crippen LogP contribution is -2.33. The average Bonchev–Trinajstić information content (AvgIpc) is 3.17. The number of nitrogens with zero attached hydrogens (tertiary/aromatic N) is 2. The van der Waals surface area contributed by atoms with Gasteiger partial charge in [-0.2, -0.15) is 0 Å². The number of amides is 1. The number of carbonyl (C=O) groups excluding carboxylic acids is 2. The molecule has 0 radical (unpaired) electrons. The fourth-order valence-electron chi connectivity index (χ4n) is 2.98. The second-order valence-electron chi connectivity index (χ2n) is 7.00. The van der Waals surface area contributed by atoms with Gasteiger partial charge in [0.1, 0.15) is 5.01 Å². The molecule has 0 saturated carbocycles. The Hall–Kier alpha value is -1.47. The smallest absolute Gasteiger partial charge is 0.357 e. The van der Waals surface area contributed by atoms with Gasteiger partial charge < -0.3 is 14.4 Å². The van der Waals surface area contributed by atoms with E-state index in [-0.39, 0.29) is 5.91 Å². The van der Waals surface area contributed by atoms with E-state index in [1.165, 1.54) is 63.4 Å². The number of esters is 1. The minimum absolute atomic E-state index is 0.120. The lowest BCUT2D eigenvalue weighted by molar-refractivity contribution is -0.132. The Morgan fingerprint density at radius 3 is 2.29 bits per heavy atom. The summed E-state index contributed by atoms with van der Waals surface area (Å²) in [6, 6.07) is 0. The summed E-state index contributed by atoms with van der Waals surface area (Å²) in [6.45, 7) is 3.65. The lowest BCUT2D eigenvalue weighted by atomic mass is 10.1. The van der Waals surface area contributed by atoms with Crippen LogP contribution in [0.25, 0.3) is 0 Å². The van der Waals surface area contributed by atoms with E-state index >= 15 is 0 Å². The molecule has 6 nitrogen and oxygen atoms in total. The number of ether oxygens (including phenoxy) is 2. The standard InChI is InChI=1S/C21H36N2O4S/c1-4-5-6-7-8-9-10-11-12-13-20(24)23(14-15-26-2)16-19-22-18(17-28-19)21(25)27-3/h17H,4-16H2,1-3H3. The predicted octanol–water partition coefficient (Wildman–Crippen LogP) is 4.83. The minimum atomic E-state index is -0.452. The lowest BCUT2D eigenvalue weighted by Gasteiger charge is -2.21. The quantitative estimate of drug-likeness (QED) is 0.287. The molecule has 0 atom stereocenters. The Kier molecular flexibility index (Phi) is 13.6. The molecule has 1 aromatic rings. The Balaban J connectivity index is 2.35. The molecule has 1 heterocycles. The molecule has 0 fully saturated rings. The van der Waals surface area contributed by atoms with Gasteiger partial charge in [0.2, 0.25) is 5.91 Å². The van der Waals surface area contributed by atoms with Crippen LogP contribution in [-0.2, 0) is 20.8 Å². The third kappa shape index (κ3) is 10.2. The molecule has 0 spiro atoms. The molecule has 28 heavy (non-hydrogen) atoms. The van der Waals surface area contributed by atoms with E-state index in [4.69, 9.17) is 4.74 Å². The van der Waals surface area contributed by atoms with E-state index in [0.29, 0.717) is 31.8 Å². The second kappa shape index (κ2) is 15.5. The Bertz CT molecular complexity index is 562. The van der Waals surface area contributed by atoms with Crippen molar-refractivity contribution in [3.8, 4) is 0 Å². The number of hydrogen-bond acceptors (Lipinski definition) is 6. The van der Waals surface area contributed by atoms with Crippen molar-refractivity contribution >= 4 is 23.2 Å². The number of rotatable bonds is 16. The van der Waals surface area contributed by atoms with E-state index in [1.807, 2.05) is 0 Å². The van der Waals surface area contributed by atoms with E-state index in [1.54, 1.807) is 17.4 Å². The molecule has 0 aliphatic carbocycles. The predicted molar refractivity (Wildman–Crippen MR) is 113 cm³/mol. The van der Waals surface area contributed by atoms with Gasteiger partial charge in [0.05, 0.1) is 20.3 Å². The summed E-state index contributed by atoms with van der Waals surface area (Å²) in [7, 11) is 2.96. The average molecular weight is 413 g/mol. The van der Waals surface area contributed by atoms with Gasteiger partial charge in [-0.25, -0.2) is 9.78 Å². The van der Waals surface area contributed by atoms with Gasteiger partial charge in [-0.3, -0.25) is 4.79 Å². The zero-order valence-corrected chi connectivity index (χ0v) is 18.5. The van der Waals surface area contributed by atoms with Crippen LogP contribution in [0.2, 0.25) is 0 Å². The molecule has 1 aromatic heterocycles. The van der Waals surface area contributed by atoms with Crippen LogP contribution in [-0.4, -0.2) is 49.1 Å². The summed E-state index contributed by atoms with van der Waals surface area (Å²) in [4.78, 5) is 30.2. The van der Waals surface area contributed by atoms with Crippen LogP contribution in [0.1, 0.15) is 86.6 Å². The second-order valence-corrected chi connectivity index (χ2v) is 7.95. The van der Waals surface area contributed by atoms with E-state index in [0.717, 1.165) is 17.8 Å². The molecular formula is C21H36N2O4S. The fraction of sp³-hybridized carbons (Fsp3) is 0.762. The first kappa shape index (κ1) is 24.6. The summed E-state index contributed by atoms with van der Waals surface area (Å²) < 4.78 is 9.82. The summed E-state index contributed by atoms with van der Waals surface area (Å²) >= 11 is 1.37. The Morgan fingerprint density at radius 1 is 1.04 bits per heavy atom. The van der Waals surface area contributed by atoms with Crippen molar-refractivity contribution in [1.29, 1.82) is 0 Å². The highest BCUT2D eigenvalue weighted by molar-refractivity contribution is 7.09. The fourth-order valence-corrected chi connectivity index (χ4v) is 3.76. The molecule has 0 bridgehead atoms. The Morgan fingerprint density at radius 2 is 1.68 bits per heavy atom. The van der Waals surface area contributed by atoms with E-state index < -0.39 is 5.97 Å². The molecule has 0 aliphatic heterocycles. The van der Waals surface area contributed by atoms with Crippen molar-refractivity contribution in [2.75, 3.05) is 27.4 Å². The molecule has 1 rings (SSSR count). The highest BCUT2D eigenvalue weighted by Gasteiger charge is 2.17. The third-order valence-electron chi connectivity index (χ3n) is 4.68. The van der Waals surface area contributed by atoms with Crippen molar-refractivity contribution in [3.05, 3.63) is 16.1 Å². The first-order valence-electron chi connectivity index (χ1n) is 10.4. The van der Waals surface area contributed by atoms with Crippen LogP contribution in [0.5, 0.6) is 0 Å². The van der Waals surface area contributed by atoms with Crippen LogP contribution in [0.15, 0.2) is 5.38 Å². The van der Waals surface area contributed by atoms with Crippen LogP contribution in [0.4, 0.5) is 0 Å². The zero-order valence-electron chi connectivity index (χ0n) is 17.7. The maximum absolute atomic E-state index is 12.6. The number of thiazole rings is 1. The summed E-state index contributed by atoms with van der Waals surface area (Å²) in [5, 5.41) is 2.40. The van der Waals surface area contributed by atoms with Gasteiger partial charge in [0.15, 0.2) is 5.69 Å². The number of carbonyl (C=O) groups is 2. The highest BCUT2D eigenvalue weighted by Crippen LogP contribution is 2.15. The van der Waals surface area contributed by atoms with E-state index in [9.17, 15) is 9.59 Å². The van der Waals surface area contributed by atoms with Gasteiger partial charge in [-0.05, 0) is 6.42 Å². The normalized spacial score (nSPS) is 10.8. The van der Waals surface area contributed by atoms with Gasteiger partial charge in [-0.1, -0.05) is 58.3 Å². The molecule has 1 amide bonds. The third-order valence-corrected chi connectivity index (χ3v) is 5.52. The van der Waals surface area contributed by atoms with Crippen molar-refractivity contribution < 1.29 is 19.1 Å². The molecule has 0 N–H and O–H groups in total. The summed E-state index contributed by atoms with van der Waals surface area (Å²) in [6.07, 6.45) is 11.6. The van der Waals surface area contributed by atoms with Crippen molar-refractivity contribution in [2.45, 2.75) is 77.7 Å². The molecule has 160 valence electrons. The zero-order chi connectivity index (χ0) is 20.6. The topological polar surface area (TPSA) is 68.7 Å². The van der Waals surface area contributed by atoms with Gasteiger partial charge >= 0.3 is 5.97 Å². The molecule has 7 heteroatoms. The van der Waals surface area contributed by atoms with E-state index in [2.05, 4.69) is 16.6 Å². The van der Waals surface area contributed by atoms with Crippen LogP contribution in [0, 0.1) is 0 Å². The van der Waals surface area contributed by atoms with Crippen molar-refractivity contribution in [1.82, 2.24) is 9.88 Å². The van der Waals surface area contributed by atoms with Crippen molar-refractivity contribution in [2.24, 2.45) is 0 Å². The van der Waals surface area contributed by atoms with Crippen LogP contribution < -0.4 is 0 Å².